The first-order chi connectivity index (χ1) is 16.0. The second-order valence-corrected chi connectivity index (χ2v) is 6.98. The fourth-order valence-electron chi connectivity index (χ4n) is 3.21. The largest absolute Gasteiger partial charge is 0.507 e. The number of benzene rings is 1. The van der Waals surface area contributed by atoms with Crippen LogP contribution in [0.2, 0.25) is 0 Å². The van der Waals surface area contributed by atoms with E-state index in [9.17, 15) is 25.1 Å². The van der Waals surface area contributed by atoms with Crippen molar-refractivity contribution in [2.75, 3.05) is 5.32 Å². The van der Waals surface area contributed by atoms with Crippen LogP contribution < -0.4 is 16.4 Å². The van der Waals surface area contributed by atoms with E-state index in [4.69, 9.17) is 0 Å². The third-order valence-corrected chi connectivity index (χ3v) is 4.81. The molecule has 0 atom stereocenters. The van der Waals surface area contributed by atoms with E-state index >= 15 is 0 Å². The highest BCUT2D eigenvalue weighted by Crippen LogP contribution is 2.20. The molecule has 0 spiro atoms. The number of hydrogen-bond donors (Lipinski definition) is 4. The number of nitrogens with zero attached hydrogens (tertiary/aromatic N) is 4. The lowest BCUT2D eigenvalue weighted by Crippen LogP contribution is -2.19. The summed E-state index contributed by atoms with van der Waals surface area (Å²) >= 11 is 0. The number of hydrogen-bond acceptors (Lipinski definition) is 8. The summed E-state index contributed by atoms with van der Waals surface area (Å²) in [5.74, 6) is -0.182. The minimum Gasteiger partial charge on any atom is -0.507 e. The molecule has 166 valence electrons. The van der Waals surface area contributed by atoms with E-state index in [1.54, 1.807) is 18.2 Å². The Morgan fingerprint density at radius 3 is 2.00 bits per heavy atom. The van der Waals surface area contributed by atoms with Crippen LogP contribution in [-0.2, 0) is 6.54 Å². The Balaban J connectivity index is 0.000000172. The molecule has 4 heterocycles. The van der Waals surface area contributed by atoms with Gasteiger partial charge >= 0.3 is 0 Å². The zero-order valence-corrected chi connectivity index (χ0v) is 17.2. The van der Waals surface area contributed by atoms with Gasteiger partial charge in [0.1, 0.15) is 5.75 Å². The van der Waals surface area contributed by atoms with Gasteiger partial charge in [-0.1, -0.05) is 30.3 Å². The molecule has 0 aliphatic carbocycles. The highest BCUT2D eigenvalue weighted by Gasteiger charge is 2.09. The van der Waals surface area contributed by atoms with Crippen molar-refractivity contribution in [1.29, 1.82) is 0 Å². The fourth-order valence-corrected chi connectivity index (χ4v) is 3.21. The molecule has 0 saturated carbocycles. The van der Waals surface area contributed by atoms with Crippen molar-refractivity contribution < 1.29 is 15.5 Å². The Bertz CT molecular complexity index is 1550. The average molecular weight is 445 g/mol. The summed E-state index contributed by atoms with van der Waals surface area (Å²) in [7, 11) is 0. The van der Waals surface area contributed by atoms with Crippen LogP contribution in [0, 0.1) is 0 Å². The van der Waals surface area contributed by atoms with Gasteiger partial charge in [0, 0.05) is 36.5 Å². The van der Waals surface area contributed by atoms with E-state index in [0.717, 1.165) is 11.6 Å². The van der Waals surface area contributed by atoms with Crippen LogP contribution in [0.4, 0.5) is 5.69 Å². The Morgan fingerprint density at radius 2 is 1.33 bits per heavy atom. The molecular weight excluding hydrogens is 426 g/mol. The van der Waals surface area contributed by atoms with Gasteiger partial charge in [-0.2, -0.15) is 0 Å². The van der Waals surface area contributed by atoms with E-state index in [2.05, 4.69) is 15.3 Å². The van der Waals surface area contributed by atoms with Gasteiger partial charge in [-0.25, -0.2) is 9.97 Å². The van der Waals surface area contributed by atoms with Crippen LogP contribution in [0.3, 0.4) is 0 Å². The molecule has 10 heteroatoms. The number of fused-ring (bicyclic) bond motifs is 2. The Labute approximate surface area is 186 Å². The second-order valence-electron chi connectivity index (χ2n) is 6.98. The predicted octanol–water partition coefficient (Wildman–Crippen LogP) is 2.59. The molecule has 1 aromatic carbocycles. The van der Waals surface area contributed by atoms with Crippen LogP contribution in [0.5, 0.6) is 5.75 Å². The first-order valence-corrected chi connectivity index (χ1v) is 9.82. The fraction of sp³-hybridized carbons (Fsp3) is 0.0435. The molecule has 0 fully saturated rings. The molecule has 10 nitrogen and oxygen atoms in total. The quantitative estimate of drug-likeness (QED) is 0.310. The maximum absolute atomic E-state index is 11.7. The van der Waals surface area contributed by atoms with Gasteiger partial charge in [-0.3, -0.25) is 9.59 Å². The van der Waals surface area contributed by atoms with Gasteiger partial charge in [0.25, 0.3) is 11.1 Å². The Hall–Kier alpha value is -4.86. The van der Waals surface area contributed by atoms with Crippen molar-refractivity contribution in [2.45, 2.75) is 6.54 Å². The molecule has 0 unspecified atom stereocenters. The lowest BCUT2D eigenvalue weighted by atomic mass is 10.2. The molecule has 0 amide bonds. The van der Waals surface area contributed by atoms with E-state index < -0.39 is 11.1 Å². The molecule has 4 aromatic heterocycles. The average Bonchev–Trinajstić information content (AvgIpc) is 2.85. The standard InChI is InChI=1S/C15H13N3O2.C8H6N2O3/c19-14-9-13(17-10-11-5-2-1-3-6-11)12-7-4-8-16-15(12)18(14)20;11-6-4-7(12)10(13)8-5(6)2-1-3-9-8/h1-9,17,20H,10H2;1-4,11,13H. The number of rotatable bonds is 3. The van der Waals surface area contributed by atoms with Gasteiger partial charge in [0.15, 0.2) is 11.3 Å². The highest BCUT2D eigenvalue weighted by atomic mass is 16.5. The maximum atomic E-state index is 11.7. The smallest absolute Gasteiger partial charge is 0.288 e. The maximum Gasteiger partial charge on any atom is 0.288 e. The van der Waals surface area contributed by atoms with Crippen molar-refractivity contribution in [3.05, 3.63) is 105 Å². The summed E-state index contributed by atoms with van der Waals surface area (Å²) in [6.45, 7) is 0.597. The van der Waals surface area contributed by atoms with E-state index in [-0.39, 0.29) is 17.0 Å². The predicted molar refractivity (Wildman–Crippen MR) is 122 cm³/mol. The van der Waals surface area contributed by atoms with Crippen molar-refractivity contribution in [3.8, 4) is 5.75 Å². The summed E-state index contributed by atoms with van der Waals surface area (Å²) in [6, 6.07) is 18.9. The first-order valence-electron chi connectivity index (χ1n) is 9.82. The lowest BCUT2D eigenvalue weighted by Gasteiger charge is -2.10. The second kappa shape index (κ2) is 9.10. The van der Waals surface area contributed by atoms with Gasteiger partial charge in [0.2, 0.25) is 0 Å². The molecule has 5 rings (SSSR count). The minimum absolute atomic E-state index is 0.0486. The highest BCUT2D eigenvalue weighted by molar-refractivity contribution is 5.88. The van der Waals surface area contributed by atoms with Gasteiger partial charge < -0.3 is 20.8 Å². The molecule has 5 aromatic rings. The van der Waals surface area contributed by atoms with E-state index in [1.807, 2.05) is 36.4 Å². The Kier molecular flexibility index (Phi) is 5.90. The summed E-state index contributed by atoms with van der Waals surface area (Å²) in [6.07, 6.45) is 2.96. The summed E-state index contributed by atoms with van der Waals surface area (Å²) in [5.41, 5.74) is 0.850. The molecule has 4 N–H and O–H groups in total. The van der Waals surface area contributed by atoms with Crippen molar-refractivity contribution >= 4 is 27.8 Å². The lowest BCUT2D eigenvalue weighted by molar-refractivity contribution is 0.186. The molecule has 0 saturated heterocycles. The Morgan fingerprint density at radius 1 is 0.758 bits per heavy atom. The number of aromatic nitrogens is 4. The first kappa shape index (κ1) is 21.4. The van der Waals surface area contributed by atoms with E-state index in [1.165, 1.54) is 18.5 Å². The SMILES string of the molecule is O=c1cc(NCc2ccccc2)c2cccnc2n1O.O=c1cc(O)c2cccnc2n1O. The molecular formula is C23H19N5O5. The zero-order chi connectivity index (χ0) is 23.4. The van der Waals surface area contributed by atoms with Gasteiger partial charge in [0.05, 0.1) is 11.1 Å². The number of nitrogens with one attached hydrogen (secondary N) is 1. The van der Waals surface area contributed by atoms with Crippen molar-refractivity contribution in [3.63, 3.8) is 0 Å². The van der Waals surface area contributed by atoms with E-state index in [0.29, 0.717) is 32.5 Å². The summed E-state index contributed by atoms with van der Waals surface area (Å²) in [5, 5.41) is 32.5. The van der Waals surface area contributed by atoms with Gasteiger partial charge in [-0.15, -0.1) is 9.46 Å². The molecule has 0 radical (unpaired) electrons. The van der Waals surface area contributed by atoms with Crippen LogP contribution in [0.1, 0.15) is 5.56 Å². The normalized spacial score (nSPS) is 10.5. The van der Waals surface area contributed by atoms with Crippen LogP contribution in [0.15, 0.2) is 88.7 Å². The van der Waals surface area contributed by atoms with Crippen LogP contribution in [-0.4, -0.2) is 34.9 Å². The van der Waals surface area contributed by atoms with Crippen molar-refractivity contribution in [2.24, 2.45) is 0 Å². The van der Waals surface area contributed by atoms with Crippen LogP contribution in [0.25, 0.3) is 22.1 Å². The molecule has 33 heavy (non-hydrogen) atoms. The number of pyridine rings is 4. The third kappa shape index (κ3) is 4.44. The molecule has 0 aliphatic rings. The summed E-state index contributed by atoms with van der Waals surface area (Å²) < 4.78 is 0.956. The number of anilines is 1. The van der Waals surface area contributed by atoms with Gasteiger partial charge in [-0.05, 0) is 29.8 Å². The monoisotopic (exact) mass is 445 g/mol. The zero-order valence-electron chi connectivity index (χ0n) is 17.2. The summed E-state index contributed by atoms with van der Waals surface area (Å²) in [4.78, 5) is 30.5. The van der Waals surface area contributed by atoms with Crippen molar-refractivity contribution in [1.82, 2.24) is 19.4 Å². The third-order valence-electron chi connectivity index (χ3n) is 4.81. The molecule has 0 aliphatic heterocycles. The van der Waals surface area contributed by atoms with Crippen LogP contribution >= 0.6 is 0 Å². The molecule has 0 bridgehead atoms. The number of aromatic hydroxyl groups is 1. The minimum atomic E-state index is -0.705. The topological polar surface area (TPSA) is 142 Å².